The molecular formula is C9H14O2. The van der Waals surface area contributed by atoms with Crippen molar-refractivity contribution in [2.24, 2.45) is 5.41 Å². The van der Waals surface area contributed by atoms with Crippen LogP contribution in [0.2, 0.25) is 0 Å². The lowest BCUT2D eigenvalue weighted by atomic mass is 9.78. The van der Waals surface area contributed by atoms with Gasteiger partial charge in [0.2, 0.25) is 0 Å². The molecule has 2 aliphatic rings. The Morgan fingerprint density at radius 1 is 1.09 bits per heavy atom. The molecule has 0 atom stereocenters. The summed E-state index contributed by atoms with van der Waals surface area (Å²) < 4.78 is 10.6. The maximum atomic E-state index is 5.31. The molecule has 0 aromatic carbocycles. The van der Waals surface area contributed by atoms with Gasteiger partial charge in [-0.2, -0.15) is 0 Å². The smallest absolute Gasteiger partial charge is 0.146 e. The van der Waals surface area contributed by atoms with Crippen molar-refractivity contribution in [1.82, 2.24) is 0 Å². The van der Waals surface area contributed by atoms with E-state index in [4.69, 9.17) is 9.47 Å². The van der Waals surface area contributed by atoms with Gasteiger partial charge in [0.25, 0.3) is 0 Å². The molecule has 2 rings (SSSR count). The van der Waals surface area contributed by atoms with E-state index >= 15 is 0 Å². The number of rotatable bonds is 0. The molecule has 0 N–H and O–H groups in total. The summed E-state index contributed by atoms with van der Waals surface area (Å²) in [4.78, 5) is 0. The monoisotopic (exact) mass is 154 g/mol. The van der Waals surface area contributed by atoms with Gasteiger partial charge in [-0.05, 0) is 19.3 Å². The van der Waals surface area contributed by atoms with Crippen LogP contribution in [0.4, 0.5) is 0 Å². The predicted octanol–water partition coefficient (Wildman–Crippen LogP) is 1.72. The van der Waals surface area contributed by atoms with Crippen LogP contribution in [0.3, 0.4) is 0 Å². The fourth-order valence-corrected chi connectivity index (χ4v) is 1.82. The lowest BCUT2D eigenvalue weighted by Crippen LogP contribution is -2.37. The van der Waals surface area contributed by atoms with Gasteiger partial charge >= 0.3 is 0 Å². The van der Waals surface area contributed by atoms with Crippen molar-refractivity contribution in [2.45, 2.75) is 19.3 Å². The second-order valence-corrected chi connectivity index (χ2v) is 3.53. The number of hydrogen-bond acceptors (Lipinski definition) is 2. The highest BCUT2D eigenvalue weighted by Crippen LogP contribution is 2.35. The molecule has 0 aromatic heterocycles. The fourth-order valence-electron chi connectivity index (χ4n) is 1.82. The zero-order chi connectivity index (χ0) is 7.57. The van der Waals surface area contributed by atoms with Crippen LogP contribution in [-0.4, -0.2) is 20.0 Å². The Balaban J connectivity index is 2.01. The van der Waals surface area contributed by atoms with Crippen LogP contribution in [0.25, 0.3) is 0 Å². The van der Waals surface area contributed by atoms with Crippen molar-refractivity contribution in [2.75, 3.05) is 20.0 Å². The molecule has 1 heterocycles. The SMILES string of the molecule is C1=CCC2(CC1)COCOC2. The molecule has 1 spiro atoms. The van der Waals surface area contributed by atoms with E-state index < -0.39 is 0 Å². The van der Waals surface area contributed by atoms with Crippen molar-refractivity contribution in [3.8, 4) is 0 Å². The van der Waals surface area contributed by atoms with Crippen LogP contribution >= 0.6 is 0 Å². The summed E-state index contributed by atoms with van der Waals surface area (Å²) >= 11 is 0. The molecule has 1 aliphatic carbocycles. The zero-order valence-corrected chi connectivity index (χ0v) is 6.71. The Labute approximate surface area is 67.2 Å². The second-order valence-electron chi connectivity index (χ2n) is 3.53. The molecule has 0 aromatic rings. The van der Waals surface area contributed by atoms with Gasteiger partial charge in [-0.15, -0.1) is 0 Å². The van der Waals surface area contributed by atoms with Gasteiger partial charge in [0.1, 0.15) is 6.79 Å². The van der Waals surface area contributed by atoms with E-state index in [9.17, 15) is 0 Å². The van der Waals surface area contributed by atoms with Gasteiger partial charge in [0, 0.05) is 5.41 Å². The lowest BCUT2D eigenvalue weighted by molar-refractivity contribution is -0.166. The highest BCUT2D eigenvalue weighted by Gasteiger charge is 2.33. The number of ether oxygens (including phenoxy) is 2. The van der Waals surface area contributed by atoms with Crippen molar-refractivity contribution in [3.63, 3.8) is 0 Å². The van der Waals surface area contributed by atoms with Gasteiger partial charge in [0.15, 0.2) is 0 Å². The molecule has 62 valence electrons. The van der Waals surface area contributed by atoms with E-state index in [1.807, 2.05) is 0 Å². The van der Waals surface area contributed by atoms with Gasteiger partial charge < -0.3 is 9.47 Å². The summed E-state index contributed by atoms with van der Waals surface area (Å²) in [5.74, 6) is 0. The first-order valence-electron chi connectivity index (χ1n) is 4.22. The normalized spacial score (nSPS) is 29.1. The standard InChI is InChI=1S/C9H14O2/c1-2-4-9(5-3-1)6-10-8-11-7-9/h1-2H,3-8H2. The van der Waals surface area contributed by atoms with Crippen LogP contribution in [0.15, 0.2) is 12.2 Å². The largest absolute Gasteiger partial charge is 0.355 e. The third kappa shape index (κ3) is 1.47. The average Bonchev–Trinajstić information content (AvgIpc) is 2.07. The number of hydrogen-bond donors (Lipinski definition) is 0. The van der Waals surface area contributed by atoms with Crippen molar-refractivity contribution >= 4 is 0 Å². The topological polar surface area (TPSA) is 18.5 Å². The summed E-state index contributed by atoms with van der Waals surface area (Å²) in [6.07, 6.45) is 8.05. The van der Waals surface area contributed by atoms with Gasteiger partial charge in [-0.1, -0.05) is 12.2 Å². The first-order valence-corrected chi connectivity index (χ1v) is 4.22. The van der Waals surface area contributed by atoms with Crippen LogP contribution in [0.5, 0.6) is 0 Å². The fraction of sp³-hybridized carbons (Fsp3) is 0.778. The third-order valence-electron chi connectivity index (χ3n) is 2.54. The maximum absolute atomic E-state index is 5.31. The minimum Gasteiger partial charge on any atom is -0.355 e. The van der Waals surface area contributed by atoms with Crippen molar-refractivity contribution in [1.29, 1.82) is 0 Å². The van der Waals surface area contributed by atoms with Crippen LogP contribution in [-0.2, 0) is 9.47 Å². The summed E-state index contributed by atoms with van der Waals surface area (Å²) in [5, 5.41) is 0. The second kappa shape index (κ2) is 2.95. The van der Waals surface area contributed by atoms with E-state index in [1.54, 1.807) is 0 Å². The first kappa shape index (κ1) is 7.32. The van der Waals surface area contributed by atoms with E-state index in [2.05, 4.69) is 12.2 Å². The first-order chi connectivity index (χ1) is 5.41. The molecule has 0 unspecified atom stereocenters. The Kier molecular flexibility index (Phi) is 1.96. The molecule has 1 saturated heterocycles. The van der Waals surface area contributed by atoms with Gasteiger partial charge in [-0.25, -0.2) is 0 Å². The third-order valence-corrected chi connectivity index (χ3v) is 2.54. The van der Waals surface area contributed by atoms with Crippen molar-refractivity contribution in [3.05, 3.63) is 12.2 Å². The molecule has 2 heteroatoms. The molecule has 2 nitrogen and oxygen atoms in total. The average molecular weight is 154 g/mol. The van der Waals surface area contributed by atoms with E-state index in [-0.39, 0.29) is 0 Å². The molecule has 0 radical (unpaired) electrons. The quantitative estimate of drug-likeness (QED) is 0.494. The molecule has 11 heavy (non-hydrogen) atoms. The molecule has 0 bridgehead atoms. The van der Waals surface area contributed by atoms with Crippen molar-refractivity contribution < 1.29 is 9.47 Å². The van der Waals surface area contributed by atoms with E-state index in [0.29, 0.717) is 12.2 Å². The molecule has 1 aliphatic heterocycles. The van der Waals surface area contributed by atoms with E-state index in [0.717, 1.165) is 19.6 Å². The molecular weight excluding hydrogens is 140 g/mol. The summed E-state index contributed by atoms with van der Waals surface area (Å²) in [6, 6.07) is 0. The lowest BCUT2D eigenvalue weighted by Gasteiger charge is -2.37. The molecule has 0 saturated carbocycles. The predicted molar refractivity (Wildman–Crippen MR) is 42.2 cm³/mol. The van der Waals surface area contributed by atoms with Gasteiger partial charge in [-0.3, -0.25) is 0 Å². The summed E-state index contributed by atoms with van der Waals surface area (Å²) in [5.41, 5.74) is 0.326. The Morgan fingerprint density at radius 3 is 2.55 bits per heavy atom. The Morgan fingerprint density at radius 2 is 1.91 bits per heavy atom. The number of allylic oxidation sites excluding steroid dienone is 2. The van der Waals surface area contributed by atoms with Crippen LogP contribution < -0.4 is 0 Å². The van der Waals surface area contributed by atoms with Gasteiger partial charge in [0.05, 0.1) is 13.2 Å². The Bertz CT molecular complexity index is 157. The minimum atomic E-state index is 0.326. The maximum Gasteiger partial charge on any atom is 0.146 e. The molecule has 0 amide bonds. The highest BCUT2D eigenvalue weighted by atomic mass is 16.7. The minimum absolute atomic E-state index is 0.326. The van der Waals surface area contributed by atoms with Crippen LogP contribution in [0, 0.1) is 5.41 Å². The zero-order valence-electron chi connectivity index (χ0n) is 6.71. The summed E-state index contributed by atoms with van der Waals surface area (Å²) in [6.45, 7) is 2.26. The Hall–Kier alpha value is -0.340. The highest BCUT2D eigenvalue weighted by molar-refractivity contribution is 4.98. The van der Waals surface area contributed by atoms with E-state index in [1.165, 1.54) is 12.8 Å². The van der Waals surface area contributed by atoms with Crippen LogP contribution in [0.1, 0.15) is 19.3 Å². The summed E-state index contributed by atoms with van der Waals surface area (Å²) in [7, 11) is 0. The molecule has 1 fully saturated rings.